The standard InChI is InChI=1S/C21H20N2O3/c1-3-11-23-21(24)18(14-22)12-17-9-10-19(20(13-17)25-2)26-15-16-7-5-4-6-8-16/h3-10,12-13H,1,11,15H2,2H3,(H,23,24). The van der Waals surface area contributed by atoms with Crippen LogP contribution in [0.15, 0.2) is 66.8 Å². The summed E-state index contributed by atoms with van der Waals surface area (Å²) >= 11 is 0. The molecular weight excluding hydrogens is 328 g/mol. The summed E-state index contributed by atoms with van der Waals surface area (Å²) in [7, 11) is 1.54. The molecule has 0 spiro atoms. The van der Waals surface area contributed by atoms with Crippen LogP contribution in [0.5, 0.6) is 11.5 Å². The summed E-state index contributed by atoms with van der Waals surface area (Å²) in [6.45, 7) is 4.24. The van der Waals surface area contributed by atoms with Crippen molar-refractivity contribution in [3.05, 3.63) is 77.9 Å². The van der Waals surface area contributed by atoms with Gasteiger partial charge in [-0.3, -0.25) is 4.79 Å². The first-order valence-electron chi connectivity index (χ1n) is 8.03. The number of hydrogen-bond donors (Lipinski definition) is 1. The summed E-state index contributed by atoms with van der Waals surface area (Å²) in [4.78, 5) is 11.9. The summed E-state index contributed by atoms with van der Waals surface area (Å²) < 4.78 is 11.2. The van der Waals surface area contributed by atoms with Gasteiger partial charge < -0.3 is 14.8 Å². The highest BCUT2D eigenvalue weighted by atomic mass is 16.5. The highest BCUT2D eigenvalue weighted by Gasteiger charge is 2.10. The first-order chi connectivity index (χ1) is 12.7. The van der Waals surface area contributed by atoms with Gasteiger partial charge >= 0.3 is 0 Å². The van der Waals surface area contributed by atoms with Gasteiger partial charge in [-0.2, -0.15) is 5.26 Å². The molecule has 2 rings (SSSR count). The fourth-order valence-electron chi connectivity index (χ4n) is 2.20. The third-order valence-corrected chi connectivity index (χ3v) is 3.51. The topological polar surface area (TPSA) is 71.4 Å². The number of nitrogens with one attached hydrogen (secondary N) is 1. The quantitative estimate of drug-likeness (QED) is 0.450. The zero-order chi connectivity index (χ0) is 18.8. The van der Waals surface area contributed by atoms with Crippen LogP contribution in [0, 0.1) is 11.3 Å². The van der Waals surface area contributed by atoms with E-state index in [9.17, 15) is 10.1 Å². The molecule has 132 valence electrons. The lowest BCUT2D eigenvalue weighted by Gasteiger charge is -2.11. The van der Waals surface area contributed by atoms with Crippen LogP contribution < -0.4 is 14.8 Å². The van der Waals surface area contributed by atoms with Gasteiger partial charge in [0.05, 0.1) is 7.11 Å². The van der Waals surface area contributed by atoms with Crippen molar-refractivity contribution in [2.24, 2.45) is 0 Å². The van der Waals surface area contributed by atoms with Gasteiger partial charge in [0.1, 0.15) is 18.2 Å². The lowest BCUT2D eigenvalue weighted by Crippen LogP contribution is -2.24. The summed E-state index contributed by atoms with van der Waals surface area (Å²) in [6.07, 6.45) is 3.05. The molecule has 0 aromatic heterocycles. The minimum Gasteiger partial charge on any atom is -0.493 e. The van der Waals surface area contributed by atoms with E-state index in [1.165, 1.54) is 6.08 Å². The lowest BCUT2D eigenvalue weighted by molar-refractivity contribution is -0.116. The van der Waals surface area contributed by atoms with Gasteiger partial charge in [-0.1, -0.05) is 42.5 Å². The summed E-state index contributed by atoms with van der Waals surface area (Å²) in [5.41, 5.74) is 1.72. The van der Waals surface area contributed by atoms with Gasteiger partial charge in [0.2, 0.25) is 0 Å². The molecule has 5 nitrogen and oxygen atoms in total. The number of amides is 1. The van der Waals surface area contributed by atoms with E-state index in [0.717, 1.165) is 5.56 Å². The zero-order valence-corrected chi connectivity index (χ0v) is 14.6. The molecule has 0 radical (unpaired) electrons. The molecule has 1 amide bonds. The number of carbonyl (C=O) groups is 1. The van der Waals surface area contributed by atoms with Crippen LogP contribution in [-0.2, 0) is 11.4 Å². The van der Waals surface area contributed by atoms with Crippen molar-refractivity contribution >= 4 is 12.0 Å². The van der Waals surface area contributed by atoms with Crippen LogP contribution in [-0.4, -0.2) is 19.6 Å². The predicted molar refractivity (Wildman–Crippen MR) is 101 cm³/mol. The number of nitrogens with zero attached hydrogens (tertiary/aromatic N) is 1. The van der Waals surface area contributed by atoms with Crippen molar-refractivity contribution in [1.29, 1.82) is 5.26 Å². The van der Waals surface area contributed by atoms with Gasteiger partial charge in [0, 0.05) is 6.54 Å². The van der Waals surface area contributed by atoms with Crippen molar-refractivity contribution in [1.82, 2.24) is 5.32 Å². The predicted octanol–water partition coefficient (Wildman–Crippen LogP) is 3.48. The maximum Gasteiger partial charge on any atom is 0.262 e. The van der Waals surface area contributed by atoms with Crippen LogP contribution in [0.25, 0.3) is 6.08 Å². The number of ether oxygens (including phenoxy) is 2. The summed E-state index contributed by atoms with van der Waals surface area (Å²) in [6, 6.07) is 16.9. The van der Waals surface area contributed by atoms with Crippen molar-refractivity contribution in [2.75, 3.05) is 13.7 Å². The molecule has 0 saturated heterocycles. The minimum atomic E-state index is -0.448. The number of methoxy groups -OCH3 is 1. The van der Waals surface area contributed by atoms with E-state index in [-0.39, 0.29) is 5.57 Å². The maximum absolute atomic E-state index is 11.9. The lowest BCUT2D eigenvalue weighted by atomic mass is 10.1. The third kappa shape index (κ3) is 5.25. The zero-order valence-electron chi connectivity index (χ0n) is 14.6. The molecule has 0 atom stereocenters. The first kappa shape index (κ1) is 18.8. The van der Waals surface area contributed by atoms with E-state index in [1.54, 1.807) is 31.4 Å². The average molecular weight is 348 g/mol. The average Bonchev–Trinajstić information content (AvgIpc) is 2.69. The largest absolute Gasteiger partial charge is 0.493 e. The van der Waals surface area contributed by atoms with Crippen LogP contribution in [0.1, 0.15) is 11.1 Å². The van der Waals surface area contributed by atoms with Crippen LogP contribution in [0.3, 0.4) is 0 Å². The normalized spacial score (nSPS) is 10.5. The van der Waals surface area contributed by atoms with Crippen molar-refractivity contribution in [3.63, 3.8) is 0 Å². The number of nitriles is 1. The van der Waals surface area contributed by atoms with Crippen LogP contribution in [0.4, 0.5) is 0 Å². The Kier molecular flexibility index (Phi) is 7.02. The Balaban J connectivity index is 2.16. The van der Waals surface area contributed by atoms with Crippen LogP contribution >= 0.6 is 0 Å². The molecule has 0 aliphatic carbocycles. The Hall–Kier alpha value is -3.52. The van der Waals surface area contributed by atoms with E-state index in [4.69, 9.17) is 9.47 Å². The molecule has 0 aliphatic heterocycles. The van der Waals surface area contributed by atoms with Crippen molar-refractivity contribution in [3.8, 4) is 17.6 Å². The van der Waals surface area contributed by atoms with Crippen molar-refractivity contribution in [2.45, 2.75) is 6.61 Å². The van der Waals surface area contributed by atoms with Crippen LogP contribution in [0.2, 0.25) is 0 Å². The molecule has 2 aromatic carbocycles. The van der Waals surface area contributed by atoms with E-state index in [2.05, 4.69) is 11.9 Å². The van der Waals surface area contributed by atoms with E-state index < -0.39 is 5.91 Å². The Morgan fingerprint density at radius 1 is 1.23 bits per heavy atom. The molecule has 0 bridgehead atoms. The third-order valence-electron chi connectivity index (χ3n) is 3.51. The summed E-state index contributed by atoms with van der Waals surface area (Å²) in [5.74, 6) is 0.664. The molecule has 0 unspecified atom stereocenters. The first-order valence-corrected chi connectivity index (χ1v) is 8.03. The Morgan fingerprint density at radius 3 is 2.65 bits per heavy atom. The van der Waals surface area contributed by atoms with E-state index in [0.29, 0.717) is 30.2 Å². The van der Waals surface area contributed by atoms with Gasteiger partial charge in [-0.15, -0.1) is 6.58 Å². The highest BCUT2D eigenvalue weighted by Crippen LogP contribution is 2.29. The molecule has 2 aromatic rings. The van der Waals surface area contributed by atoms with Gasteiger partial charge in [-0.25, -0.2) is 0 Å². The van der Waals surface area contributed by atoms with Gasteiger partial charge in [0.25, 0.3) is 5.91 Å². The molecule has 5 heteroatoms. The van der Waals surface area contributed by atoms with E-state index in [1.807, 2.05) is 36.4 Å². The Bertz CT molecular complexity index is 836. The number of hydrogen-bond acceptors (Lipinski definition) is 4. The second-order valence-corrected chi connectivity index (χ2v) is 5.35. The Morgan fingerprint density at radius 2 is 2.00 bits per heavy atom. The molecule has 0 aliphatic rings. The Labute approximate surface area is 153 Å². The molecule has 1 N–H and O–H groups in total. The maximum atomic E-state index is 11.9. The van der Waals surface area contributed by atoms with Gasteiger partial charge in [-0.05, 0) is 29.3 Å². The van der Waals surface area contributed by atoms with Crippen molar-refractivity contribution < 1.29 is 14.3 Å². The second kappa shape index (κ2) is 9.70. The number of rotatable bonds is 8. The number of benzene rings is 2. The fourth-order valence-corrected chi connectivity index (χ4v) is 2.20. The second-order valence-electron chi connectivity index (χ2n) is 5.35. The monoisotopic (exact) mass is 348 g/mol. The SMILES string of the molecule is C=CCNC(=O)C(C#N)=Cc1ccc(OCc2ccccc2)c(OC)c1. The molecule has 26 heavy (non-hydrogen) atoms. The number of carbonyl (C=O) groups excluding carboxylic acids is 1. The molecule has 0 fully saturated rings. The van der Waals surface area contributed by atoms with E-state index >= 15 is 0 Å². The molecular formula is C21H20N2O3. The highest BCUT2D eigenvalue weighted by molar-refractivity contribution is 6.01. The molecule has 0 saturated carbocycles. The van der Waals surface area contributed by atoms with Gasteiger partial charge in [0.15, 0.2) is 11.5 Å². The fraction of sp³-hybridized carbons (Fsp3) is 0.143. The summed E-state index contributed by atoms with van der Waals surface area (Å²) in [5, 5.41) is 11.8. The smallest absolute Gasteiger partial charge is 0.262 e. The molecule has 0 heterocycles. The minimum absolute atomic E-state index is 0.00635.